The van der Waals surface area contributed by atoms with Crippen molar-refractivity contribution in [2.45, 2.75) is 392 Å². The van der Waals surface area contributed by atoms with Gasteiger partial charge in [-0.15, -0.1) is 0 Å². The highest BCUT2D eigenvalue weighted by Gasteiger charge is 2.26. The molecule has 99 heavy (non-hydrogen) atoms. The van der Waals surface area contributed by atoms with Gasteiger partial charge in [-0.05, 0) is 116 Å². The van der Waals surface area contributed by atoms with Crippen LogP contribution in [0.25, 0.3) is 0 Å². The average molecular weight is 1400 g/mol. The summed E-state index contributed by atoms with van der Waals surface area (Å²) in [6.45, 7) is 3.66. The number of nitrogens with two attached hydrogens (primary N) is 1. The van der Waals surface area contributed by atoms with E-state index in [1.807, 2.05) is 0 Å². The predicted octanol–water partition coefficient (Wildman–Crippen LogP) is 28.3. The topological polar surface area (TPSA) is 134 Å². The number of allylic oxidation sites excluding steroid dienone is 22. The van der Waals surface area contributed by atoms with Gasteiger partial charge in [-0.1, -0.05) is 392 Å². The molecule has 9 nitrogen and oxygen atoms in total. The number of carbonyl (C=O) groups excluding carboxylic acids is 2. The Labute approximate surface area is 612 Å². The molecule has 0 aliphatic rings. The highest BCUT2D eigenvalue weighted by atomic mass is 31.2. The molecular formula is C89H156NO8P. The molecule has 10 heteroatoms. The van der Waals surface area contributed by atoms with Crippen LogP contribution in [-0.2, 0) is 32.7 Å². The smallest absolute Gasteiger partial charge is 0.462 e. The molecule has 0 heterocycles. The lowest BCUT2D eigenvalue weighted by molar-refractivity contribution is -0.161. The molecular weight excluding hydrogens is 1240 g/mol. The number of phosphoric ester groups is 1. The van der Waals surface area contributed by atoms with Crippen molar-refractivity contribution in [3.63, 3.8) is 0 Å². The maximum absolute atomic E-state index is 12.8. The van der Waals surface area contributed by atoms with Crippen molar-refractivity contribution in [3.05, 3.63) is 134 Å². The molecule has 0 fully saturated rings. The van der Waals surface area contributed by atoms with Crippen LogP contribution < -0.4 is 5.73 Å². The Balaban J connectivity index is 3.80. The summed E-state index contributed by atoms with van der Waals surface area (Å²) in [6.07, 6.45) is 119. The predicted molar refractivity (Wildman–Crippen MR) is 431 cm³/mol. The Bertz CT molecular complexity index is 2100. The molecule has 0 radical (unpaired) electrons. The number of carbonyl (C=O) groups is 2. The van der Waals surface area contributed by atoms with Gasteiger partial charge in [0, 0.05) is 19.4 Å². The number of unbranched alkanes of at least 4 members (excludes halogenated alkanes) is 43. The minimum absolute atomic E-state index is 0.0512. The normalized spacial score (nSPS) is 13.5. The molecule has 0 saturated carbocycles. The third kappa shape index (κ3) is 83.0. The molecule has 2 unspecified atom stereocenters. The first kappa shape index (κ1) is 95.2. The largest absolute Gasteiger partial charge is 0.472 e. The van der Waals surface area contributed by atoms with Gasteiger partial charge in [-0.2, -0.15) is 0 Å². The second-order valence-corrected chi connectivity index (χ2v) is 29.1. The van der Waals surface area contributed by atoms with Gasteiger partial charge >= 0.3 is 19.8 Å². The minimum atomic E-state index is -4.40. The van der Waals surface area contributed by atoms with E-state index in [-0.39, 0.29) is 38.6 Å². The fraction of sp³-hybridized carbons (Fsp3) is 0.730. The summed E-state index contributed by atoms with van der Waals surface area (Å²) in [5.41, 5.74) is 5.42. The fourth-order valence-electron chi connectivity index (χ4n) is 11.9. The number of ether oxygens (including phenoxy) is 2. The van der Waals surface area contributed by atoms with Crippen molar-refractivity contribution < 1.29 is 37.6 Å². The van der Waals surface area contributed by atoms with Crippen LogP contribution in [-0.4, -0.2) is 49.3 Å². The molecule has 0 rings (SSSR count). The van der Waals surface area contributed by atoms with Crippen molar-refractivity contribution in [1.82, 2.24) is 0 Å². The van der Waals surface area contributed by atoms with Crippen molar-refractivity contribution in [2.24, 2.45) is 5.73 Å². The summed E-state index contributed by atoms with van der Waals surface area (Å²) in [7, 11) is -4.40. The van der Waals surface area contributed by atoms with Gasteiger partial charge in [-0.25, -0.2) is 4.57 Å². The van der Waals surface area contributed by atoms with Crippen LogP contribution in [0, 0.1) is 0 Å². The van der Waals surface area contributed by atoms with Crippen LogP contribution in [0.4, 0.5) is 0 Å². The van der Waals surface area contributed by atoms with E-state index in [2.05, 4.69) is 148 Å². The third-order valence-electron chi connectivity index (χ3n) is 18.0. The van der Waals surface area contributed by atoms with Crippen molar-refractivity contribution >= 4 is 19.8 Å². The SMILES string of the molecule is CC/C=C\C/C=C\C/C=C\C/C=C\C/C=C\C/C=C\C/C=C\C/C=C\CCCCCCCCCCCCCCCCCCC(=O)OC(COC(=O)CCCCCCCCCCCCCCCCCCCCCCCC/C=C\C/C=C\C/C=C\CCCCCCC)COP(=O)(O)OCCN. The van der Waals surface area contributed by atoms with Gasteiger partial charge < -0.3 is 20.1 Å². The Morgan fingerprint density at radius 3 is 0.828 bits per heavy atom. The lowest BCUT2D eigenvalue weighted by Crippen LogP contribution is -2.29. The van der Waals surface area contributed by atoms with Crippen LogP contribution in [0.5, 0.6) is 0 Å². The summed E-state index contributed by atoms with van der Waals surface area (Å²) in [6, 6.07) is 0. The lowest BCUT2D eigenvalue weighted by atomic mass is 10.0. The van der Waals surface area contributed by atoms with Gasteiger partial charge in [-0.3, -0.25) is 18.6 Å². The standard InChI is InChI=1S/C89H156NO8P/c1-3-5-7-9-11-13-15-17-19-21-23-25-27-29-31-33-35-37-39-41-42-43-44-46-48-50-52-54-56-58-60-62-64-66-68-70-72-74-76-78-80-82-89(92)98-87(86-97-99(93,94)96-84-83-90)85-95-88(91)81-79-77-75-73-71-69-67-65-63-61-59-57-55-53-51-49-47-45-40-38-36-34-32-30-28-26-24-22-20-18-16-14-12-10-8-6-4-2/h5,7,11,13,16-19,22-25,28-31,35,37,41-42,44,46,87H,3-4,6,8-10,12,14-15,20-21,26-27,32-34,36,38-40,43,45,47-86,90H2,1-2H3,(H,93,94)/b7-5-,13-11-,18-16-,19-17-,24-22-,25-23-,30-28-,31-29-,37-35-,42-41-,46-44-. The molecule has 0 aromatic carbocycles. The summed E-state index contributed by atoms with van der Waals surface area (Å²) in [5, 5.41) is 0. The quantitative estimate of drug-likeness (QED) is 0.0264. The lowest BCUT2D eigenvalue weighted by Gasteiger charge is -2.19. The van der Waals surface area contributed by atoms with Gasteiger partial charge in [0.25, 0.3) is 0 Å². The van der Waals surface area contributed by atoms with E-state index in [0.717, 1.165) is 103 Å². The molecule has 3 N–H and O–H groups in total. The van der Waals surface area contributed by atoms with E-state index in [9.17, 15) is 19.0 Å². The molecule has 0 aromatic heterocycles. The Morgan fingerprint density at radius 2 is 0.556 bits per heavy atom. The maximum atomic E-state index is 12.8. The van der Waals surface area contributed by atoms with Gasteiger partial charge in [0.1, 0.15) is 6.61 Å². The number of esters is 2. The number of rotatable bonds is 78. The van der Waals surface area contributed by atoms with Crippen molar-refractivity contribution in [3.8, 4) is 0 Å². The molecule has 0 bridgehead atoms. The van der Waals surface area contributed by atoms with Crippen LogP contribution in [0.15, 0.2) is 134 Å². The molecule has 0 aromatic rings. The van der Waals surface area contributed by atoms with E-state index in [4.69, 9.17) is 24.3 Å². The summed E-state index contributed by atoms with van der Waals surface area (Å²) in [4.78, 5) is 35.5. The molecule has 0 aliphatic carbocycles. The van der Waals surface area contributed by atoms with Crippen molar-refractivity contribution in [2.75, 3.05) is 26.4 Å². The first-order chi connectivity index (χ1) is 48.8. The third-order valence-corrected chi connectivity index (χ3v) is 19.0. The van der Waals surface area contributed by atoms with Gasteiger partial charge in [0.05, 0.1) is 13.2 Å². The summed E-state index contributed by atoms with van der Waals surface area (Å²) < 4.78 is 33.3. The maximum Gasteiger partial charge on any atom is 0.472 e. The van der Waals surface area contributed by atoms with Crippen LogP contribution in [0.2, 0.25) is 0 Å². The number of hydrogen-bond acceptors (Lipinski definition) is 8. The summed E-state index contributed by atoms with van der Waals surface area (Å²) >= 11 is 0. The Hall–Kier alpha value is -3.85. The summed E-state index contributed by atoms with van der Waals surface area (Å²) in [5.74, 6) is -0.814. The molecule has 2 atom stereocenters. The highest BCUT2D eigenvalue weighted by Crippen LogP contribution is 2.43. The van der Waals surface area contributed by atoms with E-state index < -0.39 is 26.5 Å². The zero-order chi connectivity index (χ0) is 71.5. The molecule has 0 aliphatic heterocycles. The monoisotopic (exact) mass is 1400 g/mol. The average Bonchev–Trinajstić information content (AvgIpc) is 1.19. The highest BCUT2D eigenvalue weighted by molar-refractivity contribution is 7.47. The van der Waals surface area contributed by atoms with E-state index in [1.165, 1.54) is 250 Å². The van der Waals surface area contributed by atoms with E-state index in [1.54, 1.807) is 0 Å². The van der Waals surface area contributed by atoms with Gasteiger partial charge in [0.15, 0.2) is 6.10 Å². The number of phosphoric acid groups is 1. The molecule has 0 saturated heterocycles. The zero-order valence-electron chi connectivity index (χ0n) is 64.4. The van der Waals surface area contributed by atoms with E-state index in [0.29, 0.717) is 6.42 Å². The molecule has 0 spiro atoms. The fourth-order valence-corrected chi connectivity index (χ4v) is 12.7. The van der Waals surface area contributed by atoms with Crippen LogP contribution in [0.3, 0.4) is 0 Å². The second kappa shape index (κ2) is 83.1. The van der Waals surface area contributed by atoms with Gasteiger partial charge in [0.2, 0.25) is 0 Å². The van der Waals surface area contributed by atoms with Crippen LogP contribution >= 0.6 is 7.82 Å². The zero-order valence-corrected chi connectivity index (χ0v) is 65.3. The number of hydrogen-bond donors (Lipinski definition) is 2. The minimum Gasteiger partial charge on any atom is -0.462 e. The molecule has 570 valence electrons. The van der Waals surface area contributed by atoms with Crippen LogP contribution in [0.1, 0.15) is 386 Å². The Kier molecular flexibility index (Phi) is 79.9. The molecule has 0 amide bonds. The first-order valence-electron chi connectivity index (χ1n) is 41.7. The first-order valence-corrected chi connectivity index (χ1v) is 43.2. The van der Waals surface area contributed by atoms with E-state index >= 15 is 0 Å². The Morgan fingerprint density at radius 1 is 0.313 bits per heavy atom. The van der Waals surface area contributed by atoms with Crippen molar-refractivity contribution in [1.29, 1.82) is 0 Å². The second-order valence-electron chi connectivity index (χ2n) is 27.6.